The van der Waals surface area contributed by atoms with Crippen molar-refractivity contribution in [2.75, 3.05) is 20.1 Å². The molecule has 1 saturated heterocycles. The monoisotopic (exact) mass is 218 g/mol. The van der Waals surface area contributed by atoms with E-state index in [1.807, 2.05) is 18.0 Å². The van der Waals surface area contributed by atoms with Crippen LogP contribution in [0.2, 0.25) is 0 Å². The Morgan fingerprint density at radius 1 is 1.31 bits per heavy atom. The van der Waals surface area contributed by atoms with Crippen LogP contribution in [0.15, 0.2) is 30.3 Å². The first-order chi connectivity index (χ1) is 7.72. The Morgan fingerprint density at radius 3 is 2.56 bits per heavy atom. The van der Waals surface area contributed by atoms with Gasteiger partial charge in [0.15, 0.2) is 0 Å². The van der Waals surface area contributed by atoms with Crippen molar-refractivity contribution in [3.8, 4) is 0 Å². The van der Waals surface area contributed by atoms with Crippen molar-refractivity contribution in [1.82, 2.24) is 10.2 Å². The van der Waals surface area contributed by atoms with Gasteiger partial charge in [0.2, 0.25) is 5.91 Å². The van der Waals surface area contributed by atoms with E-state index in [1.54, 1.807) is 6.92 Å². The maximum Gasteiger partial charge on any atom is 0.219 e. The molecule has 3 nitrogen and oxygen atoms in total. The van der Waals surface area contributed by atoms with Gasteiger partial charge in [0.25, 0.3) is 0 Å². The topological polar surface area (TPSA) is 32.3 Å². The molecule has 0 aromatic heterocycles. The molecule has 0 spiro atoms. The molecule has 2 atom stereocenters. The van der Waals surface area contributed by atoms with Crippen LogP contribution in [0.1, 0.15) is 18.4 Å². The van der Waals surface area contributed by atoms with Gasteiger partial charge in [-0.15, -0.1) is 0 Å². The Labute approximate surface area is 96.5 Å². The van der Waals surface area contributed by atoms with E-state index in [-0.39, 0.29) is 5.91 Å². The first-order valence-corrected chi connectivity index (χ1v) is 5.70. The van der Waals surface area contributed by atoms with Crippen LogP contribution >= 0.6 is 0 Å². The summed E-state index contributed by atoms with van der Waals surface area (Å²) in [6, 6.07) is 10.8. The highest BCUT2D eigenvalue weighted by Gasteiger charge is 2.33. The summed E-state index contributed by atoms with van der Waals surface area (Å²) in [6.07, 6.45) is 0. The fraction of sp³-hybridized carbons (Fsp3) is 0.462. The van der Waals surface area contributed by atoms with E-state index < -0.39 is 0 Å². The molecular weight excluding hydrogens is 200 g/mol. The molecule has 16 heavy (non-hydrogen) atoms. The number of carbonyl (C=O) groups is 1. The summed E-state index contributed by atoms with van der Waals surface area (Å²) in [5, 5.41) is 3.30. The molecule has 2 rings (SSSR count). The Kier molecular flexibility index (Phi) is 3.25. The molecule has 1 aliphatic heterocycles. The van der Waals surface area contributed by atoms with Crippen LogP contribution in [0.25, 0.3) is 0 Å². The minimum absolute atomic E-state index is 0.165. The molecule has 1 aromatic rings. The summed E-state index contributed by atoms with van der Waals surface area (Å²) in [5.41, 5.74) is 1.31. The number of benzene rings is 1. The molecule has 0 saturated carbocycles. The Morgan fingerprint density at radius 2 is 2.00 bits per heavy atom. The molecule has 3 heteroatoms. The number of likely N-dealkylation sites (N-methyl/N-ethyl adjacent to an activating group) is 1. The average molecular weight is 218 g/mol. The third-order valence-electron chi connectivity index (χ3n) is 3.36. The normalized spacial score (nSPS) is 24.8. The molecule has 0 radical (unpaired) electrons. The molecule has 1 aromatic carbocycles. The second-order valence-corrected chi connectivity index (χ2v) is 4.34. The number of nitrogens with one attached hydrogen (secondary N) is 1. The average Bonchev–Trinajstić information content (AvgIpc) is 2.74. The number of likely N-dealkylation sites (tertiary alicyclic amines) is 1. The molecule has 0 bridgehead atoms. The second kappa shape index (κ2) is 4.66. The highest BCUT2D eigenvalue weighted by molar-refractivity contribution is 5.73. The predicted molar refractivity (Wildman–Crippen MR) is 64.3 cm³/mol. The molecular formula is C13H18N2O. The van der Waals surface area contributed by atoms with E-state index in [4.69, 9.17) is 0 Å². The van der Waals surface area contributed by atoms with Crippen LogP contribution in [0.4, 0.5) is 0 Å². The van der Waals surface area contributed by atoms with E-state index in [0.29, 0.717) is 12.0 Å². The number of hydrogen-bond donors (Lipinski definition) is 1. The summed E-state index contributed by atoms with van der Waals surface area (Å²) in [5.74, 6) is 0.578. The van der Waals surface area contributed by atoms with Crippen molar-refractivity contribution >= 4 is 5.91 Å². The van der Waals surface area contributed by atoms with Crippen molar-refractivity contribution < 1.29 is 4.79 Å². The van der Waals surface area contributed by atoms with Crippen LogP contribution in [0, 0.1) is 0 Å². The lowest BCUT2D eigenvalue weighted by molar-refractivity contribution is -0.127. The van der Waals surface area contributed by atoms with Crippen LogP contribution < -0.4 is 5.32 Å². The summed E-state index contributed by atoms with van der Waals surface area (Å²) in [6.45, 7) is 3.27. The third-order valence-corrected chi connectivity index (χ3v) is 3.36. The molecule has 2 unspecified atom stereocenters. The zero-order chi connectivity index (χ0) is 11.5. The molecule has 86 valence electrons. The van der Waals surface area contributed by atoms with Crippen molar-refractivity contribution in [3.05, 3.63) is 35.9 Å². The molecule has 0 aliphatic carbocycles. The lowest BCUT2D eigenvalue weighted by atomic mass is 9.95. The quantitative estimate of drug-likeness (QED) is 0.809. The first-order valence-electron chi connectivity index (χ1n) is 5.70. The molecule has 1 amide bonds. The lowest BCUT2D eigenvalue weighted by Crippen LogP contribution is -2.33. The summed E-state index contributed by atoms with van der Waals surface area (Å²) in [4.78, 5) is 13.3. The number of hydrogen-bond acceptors (Lipinski definition) is 2. The standard InChI is InChI=1S/C13H18N2O/c1-10(16)15-8-12(13(9-15)14-2)11-6-4-3-5-7-11/h3-7,12-14H,8-9H2,1-2H3. The van der Waals surface area contributed by atoms with Gasteiger partial charge in [-0.25, -0.2) is 0 Å². The summed E-state index contributed by atoms with van der Waals surface area (Å²) in [7, 11) is 1.96. The lowest BCUT2D eigenvalue weighted by Gasteiger charge is -2.17. The van der Waals surface area contributed by atoms with Crippen LogP contribution in [-0.4, -0.2) is 37.0 Å². The van der Waals surface area contributed by atoms with Gasteiger partial charge in [0.05, 0.1) is 0 Å². The summed E-state index contributed by atoms with van der Waals surface area (Å²) >= 11 is 0. The smallest absolute Gasteiger partial charge is 0.219 e. The van der Waals surface area contributed by atoms with Crippen LogP contribution in [-0.2, 0) is 4.79 Å². The Bertz CT molecular complexity index is 363. The van der Waals surface area contributed by atoms with Crippen molar-refractivity contribution in [2.24, 2.45) is 0 Å². The molecule has 1 aliphatic rings. The van der Waals surface area contributed by atoms with Gasteiger partial charge in [-0.05, 0) is 12.6 Å². The fourth-order valence-electron chi connectivity index (χ4n) is 2.39. The van der Waals surface area contributed by atoms with Crippen LogP contribution in [0.3, 0.4) is 0 Å². The van der Waals surface area contributed by atoms with Gasteiger partial charge < -0.3 is 10.2 Å². The minimum atomic E-state index is 0.165. The number of carbonyl (C=O) groups excluding carboxylic acids is 1. The van der Waals surface area contributed by atoms with Crippen LogP contribution in [0.5, 0.6) is 0 Å². The first kappa shape index (κ1) is 11.1. The van der Waals surface area contributed by atoms with Gasteiger partial charge in [-0.2, -0.15) is 0 Å². The van der Waals surface area contributed by atoms with Crippen molar-refractivity contribution in [2.45, 2.75) is 18.9 Å². The van der Waals surface area contributed by atoms with E-state index in [9.17, 15) is 4.79 Å². The van der Waals surface area contributed by atoms with Crippen molar-refractivity contribution in [1.29, 1.82) is 0 Å². The highest BCUT2D eigenvalue weighted by atomic mass is 16.2. The van der Waals surface area contributed by atoms with E-state index in [1.165, 1.54) is 5.56 Å². The largest absolute Gasteiger partial charge is 0.341 e. The SMILES string of the molecule is CNC1CN(C(C)=O)CC1c1ccccc1. The number of amides is 1. The maximum atomic E-state index is 11.4. The highest BCUT2D eigenvalue weighted by Crippen LogP contribution is 2.27. The zero-order valence-corrected chi connectivity index (χ0v) is 9.81. The zero-order valence-electron chi connectivity index (χ0n) is 9.81. The molecule has 1 heterocycles. The van der Waals surface area contributed by atoms with Gasteiger partial charge in [0.1, 0.15) is 0 Å². The van der Waals surface area contributed by atoms with Gasteiger partial charge in [-0.1, -0.05) is 30.3 Å². The summed E-state index contributed by atoms with van der Waals surface area (Å²) < 4.78 is 0. The Balaban J connectivity index is 2.18. The maximum absolute atomic E-state index is 11.4. The Hall–Kier alpha value is -1.35. The van der Waals surface area contributed by atoms with E-state index in [2.05, 4.69) is 29.6 Å². The molecule has 1 N–H and O–H groups in total. The van der Waals surface area contributed by atoms with Gasteiger partial charge >= 0.3 is 0 Å². The molecule has 1 fully saturated rings. The van der Waals surface area contributed by atoms with Gasteiger partial charge in [0, 0.05) is 32.0 Å². The van der Waals surface area contributed by atoms with E-state index >= 15 is 0 Å². The van der Waals surface area contributed by atoms with Gasteiger partial charge in [-0.3, -0.25) is 4.79 Å². The minimum Gasteiger partial charge on any atom is -0.341 e. The second-order valence-electron chi connectivity index (χ2n) is 4.34. The number of rotatable bonds is 2. The third kappa shape index (κ3) is 2.09. The van der Waals surface area contributed by atoms with Crippen molar-refractivity contribution in [3.63, 3.8) is 0 Å². The van der Waals surface area contributed by atoms with E-state index in [0.717, 1.165) is 13.1 Å². The fourth-order valence-corrected chi connectivity index (χ4v) is 2.39. The number of nitrogens with zero attached hydrogens (tertiary/aromatic N) is 1. The predicted octanol–water partition coefficient (Wildman–Crippen LogP) is 1.22.